The van der Waals surface area contributed by atoms with Gasteiger partial charge in [-0.2, -0.15) is 0 Å². The summed E-state index contributed by atoms with van der Waals surface area (Å²) in [6.07, 6.45) is 0. The van der Waals surface area contributed by atoms with E-state index in [1.165, 1.54) is 4.90 Å². The van der Waals surface area contributed by atoms with Crippen LogP contribution in [0.1, 0.15) is 28.4 Å². The van der Waals surface area contributed by atoms with Crippen LogP contribution in [0, 0.1) is 6.92 Å². The molecule has 0 radical (unpaired) electrons. The number of rotatable bonds is 2. The second-order valence-corrected chi connectivity index (χ2v) is 5.70. The molecule has 4 amide bonds. The Morgan fingerprint density at radius 2 is 2.05 bits per heavy atom. The van der Waals surface area contributed by atoms with E-state index < -0.39 is 17.5 Å². The number of hydrogen-bond acceptors (Lipinski definition) is 4. The lowest BCUT2D eigenvalue weighted by molar-refractivity contribution is -0.123. The molecule has 7 nitrogen and oxygen atoms in total. The van der Waals surface area contributed by atoms with Crippen molar-refractivity contribution in [2.24, 2.45) is 0 Å². The summed E-state index contributed by atoms with van der Waals surface area (Å²) < 4.78 is 0. The molecule has 3 N–H and O–H groups in total. The van der Waals surface area contributed by atoms with Crippen molar-refractivity contribution in [1.29, 1.82) is 0 Å². The van der Waals surface area contributed by atoms with Gasteiger partial charge in [0.2, 0.25) is 0 Å². The molecule has 0 spiro atoms. The molecule has 1 saturated heterocycles. The Kier molecular flexibility index (Phi) is 2.69. The van der Waals surface area contributed by atoms with Crippen molar-refractivity contribution in [3.8, 4) is 5.75 Å². The van der Waals surface area contributed by atoms with Crippen LogP contribution in [0.4, 0.5) is 4.79 Å². The predicted molar refractivity (Wildman–Crippen MR) is 72.7 cm³/mol. The van der Waals surface area contributed by atoms with E-state index in [0.29, 0.717) is 17.7 Å². The number of carbonyl (C=O) groups excluding carboxylic acids is 3. The fourth-order valence-electron chi connectivity index (χ4n) is 2.72. The highest BCUT2D eigenvalue weighted by Crippen LogP contribution is 2.30. The quantitative estimate of drug-likeness (QED) is 0.680. The Labute approximate surface area is 120 Å². The maximum absolute atomic E-state index is 12.4. The summed E-state index contributed by atoms with van der Waals surface area (Å²) in [6, 6.07) is 2.65. The summed E-state index contributed by atoms with van der Waals surface area (Å²) in [5, 5.41) is 14.4. The van der Waals surface area contributed by atoms with Crippen molar-refractivity contribution in [3.05, 3.63) is 28.8 Å². The van der Waals surface area contributed by atoms with Crippen LogP contribution in [0.3, 0.4) is 0 Å². The fourth-order valence-corrected chi connectivity index (χ4v) is 2.72. The molecule has 1 aromatic carbocycles. The van der Waals surface area contributed by atoms with E-state index in [-0.39, 0.29) is 18.2 Å². The Morgan fingerprint density at radius 3 is 2.67 bits per heavy atom. The number of carbonyl (C=O) groups is 3. The van der Waals surface area contributed by atoms with Gasteiger partial charge in [0.1, 0.15) is 11.3 Å². The molecule has 2 heterocycles. The lowest BCUT2D eigenvalue weighted by Gasteiger charge is -2.26. The summed E-state index contributed by atoms with van der Waals surface area (Å²) in [6.45, 7) is 3.68. The maximum Gasteiger partial charge on any atom is 0.322 e. The minimum Gasteiger partial charge on any atom is -0.508 e. The number of nitrogens with zero attached hydrogens (tertiary/aromatic N) is 1. The minimum absolute atomic E-state index is 0.0812. The molecule has 7 heteroatoms. The molecule has 1 unspecified atom stereocenters. The summed E-state index contributed by atoms with van der Waals surface area (Å²) in [4.78, 5) is 36.9. The molecule has 0 saturated carbocycles. The van der Waals surface area contributed by atoms with E-state index in [1.54, 1.807) is 26.0 Å². The van der Waals surface area contributed by atoms with Crippen molar-refractivity contribution >= 4 is 17.8 Å². The average Bonchev–Trinajstić information content (AvgIpc) is 2.80. The number of imide groups is 1. The minimum atomic E-state index is -1.13. The van der Waals surface area contributed by atoms with Gasteiger partial charge in [-0.15, -0.1) is 0 Å². The molecule has 21 heavy (non-hydrogen) atoms. The largest absolute Gasteiger partial charge is 0.508 e. The third-order valence-electron chi connectivity index (χ3n) is 3.93. The molecule has 110 valence electrons. The molecule has 2 aliphatic rings. The second kappa shape index (κ2) is 4.21. The first-order valence-electron chi connectivity index (χ1n) is 6.55. The van der Waals surface area contributed by atoms with E-state index in [0.717, 1.165) is 5.56 Å². The van der Waals surface area contributed by atoms with Crippen molar-refractivity contribution in [2.45, 2.75) is 25.9 Å². The number of phenolic OH excluding ortho intramolecular Hbond substituents is 1. The Morgan fingerprint density at radius 1 is 1.33 bits per heavy atom. The van der Waals surface area contributed by atoms with Gasteiger partial charge in [-0.1, -0.05) is 0 Å². The molecule has 2 aliphatic heterocycles. The van der Waals surface area contributed by atoms with Crippen LogP contribution < -0.4 is 10.6 Å². The molecule has 1 fully saturated rings. The number of urea groups is 1. The van der Waals surface area contributed by atoms with Crippen LogP contribution in [0.2, 0.25) is 0 Å². The van der Waals surface area contributed by atoms with Gasteiger partial charge in [0.25, 0.3) is 11.8 Å². The maximum atomic E-state index is 12.4. The second-order valence-electron chi connectivity index (χ2n) is 5.70. The smallest absolute Gasteiger partial charge is 0.322 e. The van der Waals surface area contributed by atoms with Gasteiger partial charge in [0, 0.05) is 12.1 Å². The zero-order valence-corrected chi connectivity index (χ0v) is 11.7. The van der Waals surface area contributed by atoms with Crippen LogP contribution in [0.25, 0.3) is 0 Å². The lowest BCUT2D eigenvalue weighted by Crippen LogP contribution is -2.52. The first-order valence-corrected chi connectivity index (χ1v) is 6.55. The number of nitrogens with one attached hydrogen (secondary N) is 2. The van der Waals surface area contributed by atoms with Crippen molar-refractivity contribution in [3.63, 3.8) is 0 Å². The van der Waals surface area contributed by atoms with Gasteiger partial charge < -0.3 is 15.3 Å². The van der Waals surface area contributed by atoms with E-state index in [1.807, 2.05) is 0 Å². The Bertz CT molecular complexity index is 685. The molecule has 1 aromatic rings. The summed E-state index contributed by atoms with van der Waals surface area (Å²) in [7, 11) is 0. The van der Waals surface area contributed by atoms with Crippen LogP contribution in [-0.4, -0.2) is 39.9 Å². The highest BCUT2D eigenvalue weighted by molar-refractivity contribution is 6.07. The first kappa shape index (κ1) is 13.4. The number of fused-ring (bicyclic) bond motifs is 1. The third kappa shape index (κ3) is 2.01. The third-order valence-corrected chi connectivity index (χ3v) is 3.93. The van der Waals surface area contributed by atoms with Crippen molar-refractivity contribution < 1.29 is 19.5 Å². The lowest BCUT2D eigenvalue weighted by atomic mass is 10.0. The molecule has 0 aliphatic carbocycles. The van der Waals surface area contributed by atoms with Crippen molar-refractivity contribution in [2.75, 3.05) is 6.54 Å². The molecular formula is C14H15N3O4. The Balaban J connectivity index is 1.85. The zero-order valence-electron chi connectivity index (χ0n) is 11.7. The number of aryl methyl sites for hydroxylation is 1. The summed E-state index contributed by atoms with van der Waals surface area (Å²) in [5.41, 5.74) is 0.739. The normalized spacial score (nSPS) is 24.1. The number of amides is 4. The number of benzene rings is 1. The highest BCUT2D eigenvalue weighted by atomic mass is 16.3. The van der Waals surface area contributed by atoms with Crippen LogP contribution >= 0.6 is 0 Å². The fraction of sp³-hybridized carbons (Fsp3) is 0.357. The highest BCUT2D eigenvalue weighted by Gasteiger charge is 2.45. The molecule has 0 bridgehead atoms. The summed E-state index contributed by atoms with van der Waals surface area (Å²) in [5.74, 6) is -0.514. The van der Waals surface area contributed by atoms with Crippen LogP contribution in [0.5, 0.6) is 5.75 Å². The monoisotopic (exact) mass is 289 g/mol. The first-order chi connectivity index (χ1) is 9.80. The van der Waals surface area contributed by atoms with E-state index in [9.17, 15) is 19.5 Å². The van der Waals surface area contributed by atoms with E-state index >= 15 is 0 Å². The average molecular weight is 289 g/mol. The van der Waals surface area contributed by atoms with Crippen LogP contribution in [0.15, 0.2) is 12.1 Å². The topological polar surface area (TPSA) is 98.7 Å². The van der Waals surface area contributed by atoms with Crippen molar-refractivity contribution in [1.82, 2.24) is 15.5 Å². The van der Waals surface area contributed by atoms with E-state index in [4.69, 9.17) is 0 Å². The predicted octanol–water partition coefficient (Wildman–Crippen LogP) is 0.255. The molecular weight excluding hydrogens is 274 g/mol. The van der Waals surface area contributed by atoms with Gasteiger partial charge in [0.05, 0.1) is 6.54 Å². The zero-order chi connectivity index (χ0) is 15.4. The van der Waals surface area contributed by atoms with E-state index in [2.05, 4.69) is 10.6 Å². The molecule has 0 aromatic heterocycles. The number of phenols is 1. The van der Waals surface area contributed by atoms with Crippen LogP contribution in [-0.2, 0) is 11.3 Å². The number of hydrogen-bond donors (Lipinski definition) is 3. The van der Waals surface area contributed by atoms with Gasteiger partial charge in [0.15, 0.2) is 0 Å². The summed E-state index contributed by atoms with van der Waals surface area (Å²) >= 11 is 0. The Hall–Kier alpha value is -2.57. The molecule has 1 atom stereocenters. The molecule has 3 rings (SSSR count). The SMILES string of the molecule is Cc1cc2c(cc1O)CN(CC1(C)NC(=O)NC1=O)C2=O. The number of aromatic hydroxyl groups is 1. The van der Waals surface area contributed by atoms with Gasteiger partial charge >= 0.3 is 6.03 Å². The van der Waals surface area contributed by atoms with Gasteiger partial charge in [-0.3, -0.25) is 14.9 Å². The van der Waals surface area contributed by atoms with Gasteiger partial charge in [-0.05, 0) is 37.1 Å². The van der Waals surface area contributed by atoms with Gasteiger partial charge in [-0.25, -0.2) is 4.79 Å². The standard InChI is InChI=1S/C14H15N3O4/c1-7-3-9-8(4-10(7)18)5-17(11(9)19)6-14(2)12(20)15-13(21)16-14/h3-4,18H,5-6H2,1-2H3,(H2,15,16,20,21).